The number of halogens is 1. The third-order valence-electron chi connectivity index (χ3n) is 3.57. The van der Waals surface area contributed by atoms with Crippen molar-refractivity contribution in [2.24, 2.45) is 5.73 Å². The average Bonchev–Trinajstić information content (AvgIpc) is 2.50. The normalized spacial score (nSPS) is 24.5. The van der Waals surface area contributed by atoms with Crippen LogP contribution in [0.3, 0.4) is 0 Å². The standard InChI is InChI=1S/C15H21FN2O3/c16-13-10-18(9-12(19)8-17)7-6-14(13)21-15(20)11-4-2-1-3-5-11/h1-5,12-14,19H,6-10,17H2/t12-,13?,14?/m1/s1. The lowest BCUT2D eigenvalue weighted by Gasteiger charge is -2.35. The zero-order valence-corrected chi connectivity index (χ0v) is 11.8. The zero-order chi connectivity index (χ0) is 15.2. The zero-order valence-electron chi connectivity index (χ0n) is 11.8. The number of aliphatic hydroxyl groups is 1. The lowest BCUT2D eigenvalue weighted by Crippen LogP contribution is -2.49. The molecule has 1 saturated heterocycles. The van der Waals surface area contributed by atoms with Crippen LogP contribution in [0.2, 0.25) is 0 Å². The van der Waals surface area contributed by atoms with Gasteiger partial charge in [-0.2, -0.15) is 0 Å². The van der Waals surface area contributed by atoms with Gasteiger partial charge in [0, 0.05) is 32.6 Å². The van der Waals surface area contributed by atoms with Crippen LogP contribution in [0.5, 0.6) is 0 Å². The summed E-state index contributed by atoms with van der Waals surface area (Å²) in [6.07, 6.45) is -2.22. The minimum Gasteiger partial charge on any atom is -0.456 e. The van der Waals surface area contributed by atoms with Crippen molar-refractivity contribution in [3.63, 3.8) is 0 Å². The number of β-amino-alcohol motifs (C(OH)–C–C–N with tert-alkyl or cyclic N) is 1. The van der Waals surface area contributed by atoms with Gasteiger partial charge in [0.2, 0.25) is 0 Å². The molecule has 1 heterocycles. The topological polar surface area (TPSA) is 75.8 Å². The lowest BCUT2D eigenvalue weighted by atomic mass is 10.1. The number of rotatable bonds is 5. The van der Waals surface area contributed by atoms with Crippen LogP contribution in [-0.4, -0.2) is 60.5 Å². The number of carbonyl (C=O) groups excluding carboxylic acids is 1. The summed E-state index contributed by atoms with van der Waals surface area (Å²) in [6, 6.07) is 8.56. The summed E-state index contributed by atoms with van der Waals surface area (Å²) in [5.74, 6) is -0.501. The minimum atomic E-state index is -1.25. The number of carbonyl (C=O) groups is 1. The molecular formula is C15H21FN2O3. The van der Waals surface area contributed by atoms with Crippen molar-refractivity contribution in [1.29, 1.82) is 0 Å². The third-order valence-corrected chi connectivity index (χ3v) is 3.57. The molecule has 0 saturated carbocycles. The minimum absolute atomic E-state index is 0.143. The van der Waals surface area contributed by atoms with Gasteiger partial charge in [-0.05, 0) is 12.1 Å². The van der Waals surface area contributed by atoms with Crippen molar-refractivity contribution in [2.75, 3.05) is 26.2 Å². The maximum atomic E-state index is 14.1. The monoisotopic (exact) mass is 296 g/mol. The van der Waals surface area contributed by atoms with E-state index in [1.54, 1.807) is 35.2 Å². The largest absolute Gasteiger partial charge is 0.456 e. The van der Waals surface area contributed by atoms with Crippen LogP contribution in [0.15, 0.2) is 30.3 Å². The van der Waals surface area contributed by atoms with Crippen molar-refractivity contribution in [3.05, 3.63) is 35.9 Å². The molecule has 116 valence electrons. The van der Waals surface area contributed by atoms with Gasteiger partial charge >= 0.3 is 5.97 Å². The number of likely N-dealkylation sites (tertiary alicyclic amines) is 1. The van der Waals surface area contributed by atoms with Crippen molar-refractivity contribution in [3.8, 4) is 0 Å². The lowest BCUT2D eigenvalue weighted by molar-refractivity contribution is -0.0319. The second kappa shape index (κ2) is 7.49. The van der Waals surface area contributed by atoms with Crippen LogP contribution < -0.4 is 5.73 Å². The first-order valence-electron chi connectivity index (χ1n) is 7.10. The Bertz CT molecular complexity index is 457. The molecule has 21 heavy (non-hydrogen) atoms. The maximum Gasteiger partial charge on any atom is 0.338 e. The number of alkyl halides is 1. The van der Waals surface area contributed by atoms with Crippen LogP contribution in [0.1, 0.15) is 16.8 Å². The summed E-state index contributed by atoms with van der Waals surface area (Å²) in [7, 11) is 0. The first-order chi connectivity index (χ1) is 10.1. The SMILES string of the molecule is NC[C@@H](O)CN1CCC(OC(=O)c2ccccc2)C(F)C1. The molecule has 0 aromatic heterocycles. The van der Waals surface area contributed by atoms with Crippen molar-refractivity contribution in [1.82, 2.24) is 4.90 Å². The predicted molar refractivity (Wildman–Crippen MR) is 76.7 cm³/mol. The molecule has 1 fully saturated rings. The molecule has 1 aromatic carbocycles. The Balaban J connectivity index is 1.85. The van der Waals surface area contributed by atoms with Gasteiger partial charge in [-0.25, -0.2) is 9.18 Å². The molecule has 0 aliphatic carbocycles. The number of hydrogen-bond acceptors (Lipinski definition) is 5. The Morgan fingerprint density at radius 3 is 2.81 bits per heavy atom. The van der Waals surface area contributed by atoms with Crippen LogP contribution in [0.4, 0.5) is 4.39 Å². The van der Waals surface area contributed by atoms with E-state index in [2.05, 4.69) is 0 Å². The van der Waals surface area contributed by atoms with E-state index in [1.165, 1.54) is 0 Å². The molecular weight excluding hydrogens is 275 g/mol. The fraction of sp³-hybridized carbons (Fsp3) is 0.533. The summed E-state index contributed by atoms with van der Waals surface area (Å²) >= 11 is 0. The fourth-order valence-corrected chi connectivity index (χ4v) is 2.40. The summed E-state index contributed by atoms with van der Waals surface area (Å²) in [4.78, 5) is 13.7. The second-order valence-corrected chi connectivity index (χ2v) is 5.26. The highest BCUT2D eigenvalue weighted by Crippen LogP contribution is 2.19. The van der Waals surface area contributed by atoms with E-state index >= 15 is 0 Å². The van der Waals surface area contributed by atoms with Gasteiger partial charge in [-0.15, -0.1) is 0 Å². The van der Waals surface area contributed by atoms with E-state index in [4.69, 9.17) is 10.5 Å². The van der Waals surface area contributed by atoms with Gasteiger partial charge in [0.25, 0.3) is 0 Å². The number of hydrogen-bond donors (Lipinski definition) is 2. The Labute approximate surface area is 123 Å². The first-order valence-corrected chi connectivity index (χ1v) is 7.10. The summed E-state index contributed by atoms with van der Waals surface area (Å²) in [5, 5.41) is 9.48. The molecule has 3 atom stereocenters. The quantitative estimate of drug-likeness (QED) is 0.777. The van der Waals surface area contributed by atoms with Gasteiger partial charge in [0.1, 0.15) is 12.3 Å². The molecule has 0 bridgehead atoms. The summed E-state index contributed by atoms with van der Waals surface area (Å²) in [6.45, 7) is 1.21. The first kappa shape index (κ1) is 15.9. The fourth-order valence-electron chi connectivity index (χ4n) is 2.40. The Kier molecular flexibility index (Phi) is 5.67. The molecule has 1 aliphatic rings. The van der Waals surface area contributed by atoms with E-state index in [0.29, 0.717) is 25.1 Å². The van der Waals surface area contributed by atoms with Crippen molar-refractivity contribution < 1.29 is 19.0 Å². The Morgan fingerprint density at radius 2 is 2.19 bits per heavy atom. The molecule has 1 aliphatic heterocycles. The van der Waals surface area contributed by atoms with E-state index in [9.17, 15) is 14.3 Å². The van der Waals surface area contributed by atoms with Crippen LogP contribution >= 0.6 is 0 Å². The number of piperidine rings is 1. The summed E-state index contributed by atoms with van der Waals surface area (Å²) < 4.78 is 19.3. The third kappa shape index (κ3) is 4.49. The van der Waals surface area contributed by atoms with Gasteiger partial charge in [-0.3, -0.25) is 4.90 Å². The molecule has 5 nitrogen and oxygen atoms in total. The predicted octanol–water partition coefficient (Wildman–Crippen LogP) is 0.575. The number of nitrogens with zero attached hydrogens (tertiary/aromatic N) is 1. The van der Waals surface area contributed by atoms with Gasteiger partial charge in [-0.1, -0.05) is 18.2 Å². The molecule has 0 spiro atoms. The second-order valence-electron chi connectivity index (χ2n) is 5.26. The molecule has 1 aromatic rings. The highest BCUT2D eigenvalue weighted by atomic mass is 19.1. The van der Waals surface area contributed by atoms with E-state index in [-0.39, 0.29) is 13.1 Å². The van der Waals surface area contributed by atoms with Crippen LogP contribution in [0, 0.1) is 0 Å². The molecule has 3 N–H and O–H groups in total. The molecule has 0 amide bonds. The highest BCUT2D eigenvalue weighted by Gasteiger charge is 2.32. The Hall–Kier alpha value is -1.50. The number of benzene rings is 1. The maximum absolute atomic E-state index is 14.1. The highest BCUT2D eigenvalue weighted by molar-refractivity contribution is 5.89. The molecule has 0 radical (unpaired) electrons. The van der Waals surface area contributed by atoms with Gasteiger partial charge in [0.15, 0.2) is 0 Å². The number of ether oxygens (including phenoxy) is 1. The molecule has 6 heteroatoms. The number of nitrogens with two attached hydrogens (primary N) is 1. The van der Waals surface area contributed by atoms with Crippen LogP contribution in [-0.2, 0) is 4.74 Å². The van der Waals surface area contributed by atoms with Crippen LogP contribution in [0.25, 0.3) is 0 Å². The smallest absolute Gasteiger partial charge is 0.338 e. The number of aliphatic hydroxyl groups excluding tert-OH is 1. The van der Waals surface area contributed by atoms with Gasteiger partial charge < -0.3 is 15.6 Å². The van der Waals surface area contributed by atoms with E-state index in [1.807, 2.05) is 0 Å². The van der Waals surface area contributed by atoms with E-state index in [0.717, 1.165) is 0 Å². The number of esters is 1. The van der Waals surface area contributed by atoms with Crippen molar-refractivity contribution in [2.45, 2.75) is 24.8 Å². The summed E-state index contributed by atoms with van der Waals surface area (Å²) in [5.41, 5.74) is 5.76. The average molecular weight is 296 g/mol. The van der Waals surface area contributed by atoms with Gasteiger partial charge in [0.05, 0.1) is 11.7 Å². The van der Waals surface area contributed by atoms with E-state index < -0.39 is 24.3 Å². The Morgan fingerprint density at radius 1 is 1.48 bits per heavy atom. The van der Waals surface area contributed by atoms with Crippen molar-refractivity contribution >= 4 is 5.97 Å². The molecule has 2 unspecified atom stereocenters. The molecule has 2 rings (SSSR count).